The average Bonchev–Trinajstić information content (AvgIpc) is 3.35. The Morgan fingerprint density at radius 2 is 1.80 bits per heavy atom. The lowest BCUT2D eigenvalue weighted by Crippen LogP contribution is -2.11. The molecule has 0 unspecified atom stereocenters. The Bertz CT molecular complexity index is 955. The fourth-order valence-electron chi connectivity index (χ4n) is 2.33. The van der Waals surface area contributed by atoms with Crippen molar-refractivity contribution >= 4 is 34.0 Å². The van der Waals surface area contributed by atoms with Crippen LogP contribution in [-0.4, -0.2) is 10.9 Å². The quantitative estimate of drug-likeness (QED) is 0.510. The van der Waals surface area contributed by atoms with E-state index in [1.807, 2.05) is 12.1 Å². The predicted octanol–water partition coefficient (Wildman–Crippen LogP) is 5.57. The molecule has 3 heterocycles. The third-order valence-electron chi connectivity index (χ3n) is 3.43. The summed E-state index contributed by atoms with van der Waals surface area (Å²) in [5.41, 5.74) is 1.08. The van der Waals surface area contributed by atoms with Crippen LogP contribution in [0.4, 0.5) is 5.13 Å². The Balaban J connectivity index is 1.69. The molecule has 0 saturated heterocycles. The number of benzene rings is 1. The number of aromatic nitrogens is 1. The van der Waals surface area contributed by atoms with Crippen LogP contribution >= 0.6 is 22.9 Å². The zero-order valence-electron chi connectivity index (χ0n) is 12.7. The van der Waals surface area contributed by atoms with Crippen LogP contribution < -0.4 is 5.32 Å². The molecule has 0 aliphatic heterocycles. The largest absolute Gasteiger partial charge is 0.463 e. The summed E-state index contributed by atoms with van der Waals surface area (Å²) in [5.74, 6) is 0.978. The van der Waals surface area contributed by atoms with Gasteiger partial charge < -0.3 is 8.83 Å². The monoisotopic (exact) mass is 370 g/mol. The molecule has 0 fully saturated rings. The molecule has 0 aliphatic carbocycles. The summed E-state index contributed by atoms with van der Waals surface area (Å²) in [6.07, 6.45) is 3.16. The highest BCUT2D eigenvalue weighted by molar-refractivity contribution is 7.19. The lowest BCUT2D eigenvalue weighted by atomic mass is 10.2. The van der Waals surface area contributed by atoms with Crippen LogP contribution in [0.1, 0.15) is 10.4 Å². The van der Waals surface area contributed by atoms with Gasteiger partial charge in [0.2, 0.25) is 0 Å². The van der Waals surface area contributed by atoms with Crippen molar-refractivity contribution < 1.29 is 13.6 Å². The number of nitrogens with zero attached hydrogens (tertiary/aromatic N) is 1. The number of hydrogen-bond acceptors (Lipinski definition) is 5. The number of anilines is 1. The standard InChI is InChI=1S/C18H11ClN2O3S/c19-12-5-1-4-11(10-12)17(22)21-18-20-15(13-6-2-8-23-13)16(25-18)14-7-3-9-24-14/h1-10H,(H,20,21,22). The Hall–Kier alpha value is -2.83. The second-order valence-electron chi connectivity index (χ2n) is 5.12. The van der Waals surface area contributed by atoms with Crippen LogP contribution in [0.15, 0.2) is 69.9 Å². The molecule has 1 N–H and O–H groups in total. The fraction of sp³-hybridized carbons (Fsp3) is 0. The Morgan fingerprint density at radius 1 is 1.04 bits per heavy atom. The summed E-state index contributed by atoms with van der Waals surface area (Å²) >= 11 is 7.25. The molecule has 7 heteroatoms. The van der Waals surface area contributed by atoms with Gasteiger partial charge >= 0.3 is 0 Å². The van der Waals surface area contributed by atoms with Gasteiger partial charge in [-0.1, -0.05) is 29.0 Å². The first-order valence-electron chi connectivity index (χ1n) is 7.36. The lowest BCUT2D eigenvalue weighted by molar-refractivity contribution is 0.102. The van der Waals surface area contributed by atoms with Crippen LogP contribution in [0.25, 0.3) is 22.1 Å². The summed E-state index contributed by atoms with van der Waals surface area (Å²) in [4.78, 5) is 17.7. The van der Waals surface area contributed by atoms with Crippen LogP contribution in [-0.2, 0) is 0 Å². The highest BCUT2D eigenvalue weighted by Crippen LogP contribution is 2.39. The normalized spacial score (nSPS) is 10.8. The molecular formula is C18H11ClN2O3S. The molecule has 0 radical (unpaired) electrons. The minimum Gasteiger partial charge on any atom is -0.463 e. The highest BCUT2D eigenvalue weighted by atomic mass is 35.5. The zero-order valence-corrected chi connectivity index (χ0v) is 14.3. The fourth-order valence-corrected chi connectivity index (χ4v) is 3.45. The molecule has 4 rings (SSSR count). The first-order valence-corrected chi connectivity index (χ1v) is 8.55. The van der Waals surface area contributed by atoms with Crippen molar-refractivity contribution in [2.24, 2.45) is 0 Å². The van der Waals surface area contributed by atoms with Gasteiger partial charge in [0.15, 0.2) is 10.9 Å². The molecule has 0 bridgehead atoms. The van der Waals surface area contributed by atoms with E-state index in [1.165, 1.54) is 11.3 Å². The van der Waals surface area contributed by atoms with Gasteiger partial charge in [0.1, 0.15) is 16.3 Å². The van der Waals surface area contributed by atoms with Gasteiger partial charge in [-0.05, 0) is 42.5 Å². The van der Waals surface area contributed by atoms with E-state index in [0.29, 0.717) is 32.9 Å². The predicted molar refractivity (Wildman–Crippen MR) is 96.9 cm³/mol. The first-order chi connectivity index (χ1) is 12.2. The van der Waals surface area contributed by atoms with Crippen LogP contribution in [0.2, 0.25) is 5.02 Å². The lowest BCUT2D eigenvalue weighted by Gasteiger charge is -2.01. The molecule has 0 aliphatic rings. The summed E-state index contributed by atoms with van der Waals surface area (Å²) in [6.45, 7) is 0. The van der Waals surface area contributed by atoms with E-state index < -0.39 is 0 Å². The number of halogens is 1. The van der Waals surface area contributed by atoms with Gasteiger partial charge in [-0.25, -0.2) is 4.98 Å². The third kappa shape index (κ3) is 3.22. The van der Waals surface area contributed by atoms with Gasteiger partial charge in [0.05, 0.1) is 12.5 Å². The maximum absolute atomic E-state index is 12.4. The van der Waals surface area contributed by atoms with Crippen molar-refractivity contribution in [3.8, 4) is 22.1 Å². The number of hydrogen-bond donors (Lipinski definition) is 1. The molecule has 1 amide bonds. The zero-order chi connectivity index (χ0) is 17.2. The van der Waals surface area contributed by atoms with Crippen molar-refractivity contribution in [1.29, 1.82) is 0 Å². The Kier molecular flexibility index (Phi) is 4.13. The third-order valence-corrected chi connectivity index (χ3v) is 4.65. The molecule has 0 atom stereocenters. The molecule has 25 heavy (non-hydrogen) atoms. The van der Waals surface area contributed by atoms with Crippen LogP contribution in [0.3, 0.4) is 0 Å². The summed E-state index contributed by atoms with van der Waals surface area (Å²) in [6, 6.07) is 14.0. The molecule has 0 saturated carbocycles. The van der Waals surface area contributed by atoms with Crippen molar-refractivity contribution in [2.75, 3.05) is 5.32 Å². The number of rotatable bonds is 4. The summed E-state index contributed by atoms with van der Waals surface area (Å²) in [7, 11) is 0. The minimum atomic E-state index is -0.284. The van der Waals surface area contributed by atoms with Gasteiger partial charge in [0.25, 0.3) is 5.91 Å². The summed E-state index contributed by atoms with van der Waals surface area (Å²) in [5, 5.41) is 3.74. The Morgan fingerprint density at radius 3 is 2.48 bits per heavy atom. The Labute approximate surface area is 151 Å². The van der Waals surface area contributed by atoms with E-state index in [4.69, 9.17) is 20.4 Å². The average molecular weight is 371 g/mol. The number of carbonyl (C=O) groups is 1. The second kappa shape index (κ2) is 6.58. The second-order valence-corrected chi connectivity index (χ2v) is 6.55. The number of carbonyl (C=O) groups excluding carboxylic acids is 1. The molecule has 0 spiro atoms. The van der Waals surface area contributed by atoms with Crippen LogP contribution in [0.5, 0.6) is 0 Å². The molecule has 3 aromatic heterocycles. The number of nitrogens with one attached hydrogen (secondary N) is 1. The van der Waals surface area contributed by atoms with E-state index in [1.54, 1.807) is 48.9 Å². The maximum atomic E-state index is 12.4. The first kappa shape index (κ1) is 15.7. The van der Waals surface area contributed by atoms with Gasteiger partial charge in [-0.3, -0.25) is 10.1 Å². The van der Waals surface area contributed by atoms with Crippen molar-refractivity contribution in [2.45, 2.75) is 0 Å². The van der Waals surface area contributed by atoms with Crippen molar-refractivity contribution in [3.05, 3.63) is 71.6 Å². The van der Waals surface area contributed by atoms with E-state index in [2.05, 4.69) is 10.3 Å². The molecule has 1 aromatic carbocycles. The SMILES string of the molecule is O=C(Nc1nc(-c2ccco2)c(-c2ccco2)s1)c1cccc(Cl)c1. The molecular weight excluding hydrogens is 360 g/mol. The van der Waals surface area contributed by atoms with Gasteiger partial charge in [-0.15, -0.1) is 0 Å². The van der Waals surface area contributed by atoms with E-state index in [0.717, 1.165) is 4.88 Å². The number of thiazole rings is 1. The molecule has 5 nitrogen and oxygen atoms in total. The topological polar surface area (TPSA) is 68.3 Å². The maximum Gasteiger partial charge on any atom is 0.257 e. The minimum absolute atomic E-state index is 0.284. The van der Waals surface area contributed by atoms with Gasteiger partial charge in [0, 0.05) is 10.6 Å². The van der Waals surface area contributed by atoms with Crippen molar-refractivity contribution in [1.82, 2.24) is 4.98 Å². The van der Waals surface area contributed by atoms with E-state index in [-0.39, 0.29) is 5.91 Å². The number of amides is 1. The summed E-state index contributed by atoms with van der Waals surface area (Å²) < 4.78 is 10.9. The van der Waals surface area contributed by atoms with Gasteiger partial charge in [-0.2, -0.15) is 0 Å². The molecule has 124 valence electrons. The van der Waals surface area contributed by atoms with Crippen molar-refractivity contribution in [3.63, 3.8) is 0 Å². The highest BCUT2D eigenvalue weighted by Gasteiger charge is 2.20. The number of furan rings is 2. The van der Waals surface area contributed by atoms with Crippen LogP contribution in [0, 0.1) is 0 Å². The molecule has 4 aromatic rings. The van der Waals surface area contributed by atoms with E-state index in [9.17, 15) is 4.79 Å². The smallest absolute Gasteiger partial charge is 0.257 e. The van der Waals surface area contributed by atoms with E-state index >= 15 is 0 Å².